The molecule has 166 valence electrons. The van der Waals surface area contributed by atoms with Gasteiger partial charge in [-0.25, -0.2) is 18.3 Å². The highest BCUT2D eigenvalue weighted by molar-refractivity contribution is 8.93. The molecule has 0 saturated carbocycles. The van der Waals surface area contributed by atoms with E-state index in [-0.39, 0.29) is 67.9 Å². The highest BCUT2D eigenvalue weighted by Gasteiger charge is 2.14. The average Bonchev–Trinajstić information content (AvgIpc) is 3.26. The Bertz CT molecular complexity index is 586. The zero-order chi connectivity index (χ0) is 17.2. The fraction of sp³-hybridized carbons (Fsp3) is 0.700. The largest absolute Gasteiger partial charge is 0.243 e. The fourth-order valence-corrected chi connectivity index (χ4v) is 3.34. The van der Waals surface area contributed by atoms with Gasteiger partial charge in [0.25, 0.3) is 0 Å². The molecule has 4 nitrogen and oxygen atoms in total. The lowest BCUT2D eigenvalue weighted by molar-refractivity contribution is -0.696. The van der Waals surface area contributed by atoms with E-state index >= 15 is 0 Å². The third kappa shape index (κ3) is 11.5. The standard InChI is InChI=1S/C20H36N4.4BrH/c1-4-20(24-17-16-22(6-3)19-24)12-10-8-7-9-11-13-23-15-14-21(5-2)18-23;;;;/h14-20H,4-13H2,1-3H3;4*1H/q+2;;;;. The molecule has 0 spiro atoms. The summed E-state index contributed by atoms with van der Waals surface area (Å²) in [6.45, 7) is 9.96. The summed E-state index contributed by atoms with van der Waals surface area (Å²) >= 11 is 0. The van der Waals surface area contributed by atoms with Crippen LogP contribution in [-0.4, -0.2) is 9.13 Å². The molecule has 0 N–H and O–H groups in total. The SMILES string of the molecule is Br.Br.Br.Br.CCC(CCCCCCC[n+]1ccn(CC)c1)n1cc[n+](CC)c1. The van der Waals surface area contributed by atoms with Gasteiger partial charge >= 0.3 is 0 Å². The van der Waals surface area contributed by atoms with Crippen molar-refractivity contribution < 1.29 is 9.13 Å². The maximum atomic E-state index is 2.40. The van der Waals surface area contributed by atoms with Crippen molar-refractivity contribution in [3.63, 3.8) is 0 Å². The second-order valence-electron chi connectivity index (χ2n) is 6.79. The van der Waals surface area contributed by atoms with E-state index in [0.29, 0.717) is 6.04 Å². The van der Waals surface area contributed by atoms with Gasteiger partial charge in [0.05, 0.1) is 19.6 Å². The predicted molar refractivity (Wildman–Crippen MR) is 139 cm³/mol. The molecule has 28 heavy (non-hydrogen) atoms. The van der Waals surface area contributed by atoms with Crippen molar-refractivity contribution in [1.82, 2.24) is 9.13 Å². The summed E-state index contributed by atoms with van der Waals surface area (Å²) in [5, 5.41) is 0. The first-order chi connectivity index (χ1) is 11.8. The lowest BCUT2D eigenvalue weighted by atomic mass is 10.0. The Balaban J connectivity index is -0.00000156. The normalized spacial score (nSPS) is 10.8. The lowest BCUT2D eigenvalue weighted by Crippen LogP contribution is -2.30. The van der Waals surface area contributed by atoms with Gasteiger partial charge in [0.2, 0.25) is 12.7 Å². The van der Waals surface area contributed by atoms with E-state index in [2.05, 4.69) is 76.5 Å². The van der Waals surface area contributed by atoms with Crippen LogP contribution in [0.15, 0.2) is 37.4 Å². The molecule has 2 aromatic rings. The maximum absolute atomic E-state index is 2.40. The third-order valence-corrected chi connectivity index (χ3v) is 5.04. The van der Waals surface area contributed by atoms with Gasteiger partial charge in [-0.1, -0.05) is 19.8 Å². The molecule has 0 radical (unpaired) electrons. The zero-order valence-electron chi connectivity index (χ0n) is 17.5. The second-order valence-corrected chi connectivity index (χ2v) is 6.79. The molecule has 0 saturated heterocycles. The van der Waals surface area contributed by atoms with Crippen LogP contribution < -0.4 is 9.13 Å². The first-order valence-corrected chi connectivity index (χ1v) is 9.88. The van der Waals surface area contributed by atoms with Crippen LogP contribution in [0.4, 0.5) is 0 Å². The number of aryl methyl sites for hydroxylation is 3. The number of unbranched alkanes of at least 4 members (excludes halogenated alkanes) is 4. The molecule has 1 unspecified atom stereocenters. The number of halogens is 4. The minimum Gasteiger partial charge on any atom is -0.237 e. The number of rotatable bonds is 12. The van der Waals surface area contributed by atoms with E-state index in [1.807, 2.05) is 0 Å². The average molecular weight is 656 g/mol. The van der Waals surface area contributed by atoms with Crippen molar-refractivity contribution in [1.29, 1.82) is 0 Å². The molecule has 0 bridgehead atoms. The third-order valence-electron chi connectivity index (χ3n) is 5.04. The Labute approximate surface area is 213 Å². The highest BCUT2D eigenvalue weighted by atomic mass is 79.9. The summed E-state index contributed by atoms with van der Waals surface area (Å²) in [4.78, 5) is 0. The summed E-state index contributed by atoms with van der Waals surface area (Å²) < 4.78 is 9.20. The molecule has 0 amide bonds. The van der Waals surface area contributed by atoms with Crippen LogP contribution in [-0.2, 0) is 19.6 Å². The molecule has 2 rings (SSSR count). The summed E-state index contributed by atoms with van der Waals surface area (Å²) in [7, 11) is 0. The maximum Gasteiger partial charge on any atom is 0.243 e. The van der Waals surface area contributed by atoms with Crippen molar-refractivity contribution in [2.75, 3.05) is 0 Å². The fourth-order valence-electron chi connectivity index (χ4n) is 3.34. The van der Waals surface area contributed by atoms with Gasteiger partial charge in [0.15, 0.2) is 0 Å². The molecular weight excluding hydrogens is 616 g/mol. The smallest absolute Gasteiger partial charge is 0.237 e. The number of hydrogen-bond acceptors (Lipinski definition) is 0. The lowest BCUT2D eigenvalue weighted by Gasteiger charge is -2.11. The molecule has 0 aliphatic heterocycles. The van der Waals surface area contributed by atoms with Crippen molar-refractivity contribution in [2.45, 2.75) is 91.4 Å². The molecular formula is C20H40Br4N4+2. The Morgan fingerprint density at radius 1 is 0.750 bits per heavy atom. The van der Waals surface area contributed by atoms with E-state index in [9.17, 15) is 0 Å². The van der Waals surface area contributed by atoms with Gasteiger partial charge in [-0.05, 0) is 46.0 Å². The zero-order valence-corrected chi connectivity index (χ0v) is 24.4. The highest BCUT2D eigenvalue weighted by Crippen LogP contribution is 2.19. The van der Waals surface area contributed by atoms with Gasteiger partial charge in [-0.2, -0.15) is 0 Å². The molecule has 0 aliphatic carbocycles. The minimum atomic E-state index is 0. The summed E-state index contributed by atoms with van der Waals surface area (Å²) in [6, 6.07) is 0.669. The van der Waals surface area contributed by atoms with Crippen molar-refractivity contribution in [2.24, 2.45) is 0 Å². The Hall–Kier alpha value is 0.340. The van der Waals surface area contributed by atoms with Crippen molar-refractivity contribution >= 4 is 67.9 Å². The van der Waals surface area contributed by atoms with Gasteiger partial charge in [-0.3, -0.25) is 0 Å². The number of hydrogen-bond donors (Lipinski definition) is 0. The number of imidazole rings is 2. The topological polar surface area (TPSA) is 17.6 Å². The molecule has 0 fully saturated rings. The van der Waals surface area contributed by atoms with Gasteiger partial charge in [0, 0.05) is 0 Å². The predicted octanol–water partition coefficient (Wildman–Crippen LogP) is 6.21. The van der Waals surface area contributed by atoms with Gasteiger partial charge < -0.3 is 0 Å². The molecule has 0 aromatic carbocycles. The Morgan fingerprint density at radius 2 is 1.39 bits per heavy atom. The van der Waals surface area contributed by atoms with Crippen LogP contribution in [0.2, 0.25) is 0 Å². The van der Waals surface area contributed by atoms with Crippen LogP contribution in [0.1, 0.15) is 71.8 Å². The Kier molecular flexibility index (Phi) is 22.8. The van der Waals surface area contributed by atoms with Crippen LogP contribution in [0.25, 0.3) is 0 Å². The van der Waals surface area contributed by atoms with Gasteiger partial charge in [0.1, 0.15) is 30.8 Å². The van der Waals surface area contributed by atoms with Gasteiger partial charge in [-0.15, -0.1) is 67.9 Å². The minimum absolute atomic E-state index is 0. The van der Waals surface area contributed by atoms with E-state index in [4.69, 9.17) is 0 Å². The van der Waals surface area contributed by atoms with Crippen molar-refractivity contribution in [3.05, 3.63) is 37.4 Å². The first kappa shape index (κ1) is 33.0. The summed E-state index contributed by atoms with van der Waals surface area (Å²) in [6.07, 6.45) is 22.5. The second kappa shape index (κ2) is 19.3. The summed E-state index contributed by atoms with van der Waals surface area (Å²) in [5.74, 6) is 0. The van der Waals surface area contributed by atoms with Crippen molar-refractivity contribution in [3.8, 4) is 0 Å². The van der Waals surface area contributed by atoms with E-state index in [1.165, 1.54) is 44.9 Å². The van der Waals surface area contributed by atoms with Crippen LogP contribution in [0.3, 0.4) is 0 Å². The number of nitrogens with zero attached hydrogens (tertiary/aromatic N) is 4. The monoisotopic (exact) mass is 652 g/mol. The number of aromatic nitrogens is 4. The van der Waals surface area contributed by atoms with Crippen LogP contribution >= 0.6 is 67.9 Å². The molecule has 0 aliphatic rings. The summed E-state index contributed by atoms with van der Waals surface area (Å²) in [5.41, 5.74) is 0. The van der Waals surface area contributed by atoms with E-state index < -0.39 is 0 Å². The van der Waals surface area contributed by atoms with E-state index in [1.54, 1.807) is 0 Å². The molecule has 8 heteroatoms. The van der Waals surface area contributed by atoms with Crippen LogP contribution in [0, 0.1) is 0 Å². The molecule has 2 heterocycles. The quantitative estimate of drug-likeness (QED) is 0.191. The molecule has 2 aromatic heterocycles. The molecule has 1 atom stereocenters. The Morgan fingerprint density at radius 3 is 1.96 bits per heavy atom. The first-order valence-electron chi connectivity index (χ1n) is 9.88. The van der Waals surface area contributed by atoms with E-state index in [0.717, 1.165) is 19.6 Å². The van der Waals surface area contributed by atoms with Crippen LogP contribution in [0.5, 0.6) is 0 Å².